The van der Waals surface area contributed by atoms with Gasteiger partial charge in [-0.25, -0.2) is 0 Å². The number of aromatic nitrogens is 2. The molecule has 24 heavy (non-hydrogen) atoms. The van der Waals surface area contributed by atoms with E-state index in [9.17, 15) is 4.79 Å². The van der Waals surface area contributed by atoms with Crippen LogP contribution >= 0.6 is 0 Å². The van der Waals surface area contributed by atoms with Gasteiger partial charge in [0.25, 0.3) is 0 Å². The van der Waals surface area contributed by atoms with Gasteiger partial charge in [0.1, 0.15) is 5.41 Å². The Kier molecular flexibility index (Phi) is 4.11. The summed E-state index contributed by atoms with van der Waals surface area (Å²) in [5, 5.41) is 7.35. The highest BCUT2D eigenvalue weighted by Crippen LogP contribution is 2.49. The first-order chi connectivity index (χ1) is 11.7. The lowest BCUT2D eigenvalue weighted by Crippen LogP contribution is -2.42. The zero-order chi connectivity index (χ0) is 16.6. The van der Waals surface area contributed by atoms with Crippen molar-refractivity contribution in [3.63, 3.8) is 0 Å². The van der Waals surface area contributed by atoms with Gasteiger partial charge in [-0.15, -0.1) is 0 Å². The minimum absolute atomic E-state index is 0.0102. The van der Waals surface area contributed by atoms with E-state index in [0.29, 0.717) is 25.0 Å². The van der Waals surface area contributed by atoms with Crippen LogP contribution in [0.4, 0.5) is 0 Å². The summed E-state index contributed by atoms with van der Waals surface area (Å²) in [5.74, 6) is 1.77. The van der Waals surface area contributed by atoms with Crippen molar-refractivity contribution in [1.82, 2.24) is 15.5 Å². The van der Waals surface area contributed by atoms with Crippen LogP contribution < -0.4 is 5.32 Å². The van der Waals surface area contributed by atoms with Gasteiger partial charge < -0.3 is 14.6 Å². The second kappa shape index (κ2) is 6.14. The van der Waals surface area contributed by atoms with Gasteiger partial charge in [0.05, 0.1) is 0 Å². The number of carbonyl (C=O) groups excluding carboxylic acids is 1. The minimum Gasteiger partial charge on any atom is -0.385 e. The number of hydrogen-bond donors (Lipinski definition) is 1. The summed E-state index contributed by atoms with van der Waals surface area (Å²) in [6, 6.07) is 0. The molecule has 6 nitrogen and oxygen atoms in total. The zero-order valence-electron chi connectivity index (χ0n) is 14.5. The second-order valence-electron chi connectivity index (χ2n) is 7.76. The molecule has 132 valence electrons. The lowest BCUT2D eigenvalue weighted by Gasteiger charge is -2.39. The number of amides is 1. The third-order valence-electron chi connectivity index (χ3n) is 6.64. The summed E-state index contributed by atoms with van der Waals surface area (Å²) < 4.78 is 11.0. The molecule has 1 N–H and O–H groups in total. The highest BCUT2D eigenvalue weighted by molar-refractivity contribution is 5.89. The number of rotatable bonds is 6. The van der Waals surface area contributed by atoms with Crippen LogP contribution in [0.2, 0.25) is 0 Å². The quantitative estimate of drug-likeness (QED) is 0.865. The van der Waals surface area contributed by atoms with Crippen molar-refractivity contribution in [1.29, 1.82) is 0 Å². The maximum atomic E-state index is 12.7. The SMILES string of the molecule is COCCC1(c2noc(C3(C4CCCC4)CCNC3=O)n2)CCC1. The number of ether oxygens (including phenoxy) is 1. The van der Waals surface area contributed by atoms with E-state index in [1.807, 2.05) is 0 Å². The van der Waals surface area contributed by atoms with Crippen molar-refractivity contribution in [2.75, 3.05) is 20.3 Å². The van der Waals surface area contributed by atoms with Gasteiger partial charge >= 0.3 is 0 Å². The van der Waals surface area contributed by atoms with E-state index in [1.165, 1.54) is 19.3 Å². The van der Waals surface area contributed by atoms with Crippen molar-refractivity contribution >= 4 is 5.91 Å². The molecule has 0 spiro atoms. The Labute approximate surface area is 142 Å². The smallest absolute Gasteiger partial charge is 0.242 e. The van der Waals surface area contributed by atoms with Gasteiger partial charge in [-0.2, -0.15) is 4.98 Å². The van der Waals surface area contributed by atoms with Gasteiger partial charge in [-0.05, 0) is 44.4 Å². The van der Waals surface area contributed by atoms with Crippen molar-refractivity contribution in [2.24, 2.45) is 5.92 Å². The predicted molar refractivity (Wildman–Crippen MR) is 87.6 cm³/mol. The molecule has 0 bridgehead atoms. The highest BCUT2D eigenvalue weighted by Gasteiger charge is 2.55. The van der Waals surface area contributed by atoms with E-state index in [-0.39, 0.29) is 11.3 Å². The van der Waals surface area contributed by atoms with E-state index >= 15 is 0 Å². The van der Waals surface area contributed by atoms with Crippen LogP contribution in [0.1, 0.15) is 69.5 Å². The van der Waals surface area contributed by atoms with Gasteiger partial charge in [0.15, 0.2) is 5.82 Å². The van der Waals surface area contributed by atoms with E-state index in [4.69, 9.17) is 14.2 Å². The molecule has 2 saturated carbocycles. The Balaban J connectivity index is 1.66. The van der Waals surface area contributed by atoms with E-state index in [2.05, 4.69) is 10.5 Å². The highest BCUT2D eigenvalue weighted by atomic mass is 16.5. The molecular weight excluding hydrogens is 306 g/mol. The number of hydrogen-bond acceptors (Lipinski definition) is 5. The van der Waals surface area contributed by atoms with Crippen LogP contribution in [0.3, 0.4) is 0 Å². The average Bonchev–Trinajstić information content (AvgIpc) is 3.26. The lowest BCUT2D eigenvalue weighted by atomic mass is 9.66. The number of methoxy groups -OCH3 is 1. The minimum atomic E-state index is -0.589. The molecule has 0 radical (unpaired) electrons. The maximum Gasteiger partial charge on any atom is 0.242 e. The summed E-state index contributed by atoms with van der Waals surface area (Å²) >= 11 is 0. The Bertz CT molecular complexity index is 604. The lowest BCUT2D eigenvalue weighted by molar-refractivity contribution is -0.126. The molecule has 3 fully saturated rings. The van der Waals surface area contributed by atoms with Crippen LogP contribution in [-0.4, -0.2) is 36.3 Å². The molecule has 1 saturated heterocycles. The second-order valence-corrected chi connectivity index (χ2v) is 7.76. The van der Waals surface area contributed by atoms with Crippen molar-refractivity contribution in [2.45, 2.75) is 68.6 Å². The molecule has 4 rings (SSSR count). The fourth-order valence-electron chi connectivity index (χ4n) is 4.94. The summed E-state index contributed by atoms with van der Waals surface area (Å²) in [5.41, 5.74) is -0.600. The molecule has 1 aliphatic heterocycles. The molecule has 2 heterocycles. The van der Waals surface area contributed by atoms with Gasteiger partial charge in [-0.3, -0.25) is 4.79 Å². The molecular formula is C18H27N3O3. The topological polar surface area (TPSA) is 77.3 Å². The van der Waals surface area contributed by atoms with Gasteiger partial charge in [0.2, 0.25) is 11.8 Å². The van der Waals surface area contributed by atoms with Crippen LogP contribution in [0.15, 0.2) is 4.52 Å². The van der Waals surface area contributed by atoms with E-state index in [0.717, 1.165) is 44.3 Å². The Morgan fingerprint density at radius 2 is 2.04 bits per heavy atom. The van der Waals surface area contributed by atoms with Crippen molar-refractivity contribution in [3.8, 4) is 0 Å². The van der Waals surface area contributed by atoms with Crippen LogP contribution in [0.25, 0.3) is 0 Å². The van der Waals surface area contributed by atoms with Gasteiger partial charge in [0, 0.05) is 25.7 Å². The fraction of sp³-hybridized carbons (Fsp3) is 0.833. The van der Waals surface area contributed by atoms with Gasteiger partial charge in [-0.1, -0.05) is 24.4 Å². The largest absolute Gasteiger partial charge is 0.385 e. The Morgan fingerprint density at radius 1 is 1.25 bits per heavy atom. The van der Waals surface area contributed by atoms with E-state index < -0.39 is 5.41 Å². The molecule has 6 heteroatoms. The molecule has 2 aliphatic carbocycles. The average molecular weight is 333 g/mol. The normalized spacial score (nSPS) is 29.6. The van der Waals surface area contributed by atoms with Crippen molar-refractivity contribution in [3.05, 3.63) is 11.7 Å². The summed E-state index contributed by atoms with van der Waals surface area (Å²) in [7, 11) is 1.73. The first-order valence-corrected chi connectivity index (χ1v) is 9.33. The predicted octanol–water partition coefficient (Wildman–Crippen LogP) is 2.48. The van der Waals surface area contributed by atoms with Crippen LogP contribution in [-0.2, 0) is 20.4 Å². The summed E-state index contributed by atoms with van der Waals surface area (Å²) in [6.07, 6.45) is 9.61. The van der Waals surface area contributed by atoms with E-state index in [1.54, 1.807) is 7.11 Å². The maximum absolute atomic E-state index is 12.7. The fourth-order valence-corrected chi connectivity index (χ4v) is 4.94. The monoisotopic (exact) mass is 333 g/mol. The molecule has 1 atom stereocenters. The summed E-state index contributed by atoms with van der Waals surface area (Å²) in [6.45, 7) is 1.42. The van der Waals surface area contributed by atoms with Crippen molar-refractivity contribution < 1.29 is 14.1 Å². The van der Waals surface area contributed by atoms with Crippen LogP contribution in [0, 0.1) is 5.92 Å². The third-order valence-corrected chi connectivity index (χ3v) is 6.64. The molecule has 3 aliphatic rings. The molecule has 1 amide bonds. The number of nitrogens with zero attached hydrogens (tertiary/aromatic N) is 2. The first-order valence-electron chi connectivity index (χ1n) is 9.33. The number of nitrogens with one attached hydrogen (secondary N) is 1. The molecule has 1 aromatic rings. The Morgan fingerprint density at radius 3 is 2.62 bits per heavy atom. The first kappa shape index (κ1) is 16.1. The molecule has 0 aromatic carbocycles. The number of carbonyl (C=O) groups is 1. The molecule has 1 unspecified atom stereocenters. The third kappa shape index (κ3) is 2.30. The summed E-state index contributed by atoms with van der Waals surface area (Å²) in [4.78, 5) is 17.6. The zero-order valence-corrected chi connectivity index (χ0v) is 14.5. The molecule has 1 aromatic heterocycles. The Hall–Kier alpha value is -1.43. The van der Waals surface area contributed by atoms with Crippen LogP contribution in [0.5, 0.6) is 0 Å². The standard InChI is InChI=1S/C18H27N3O3/c1-23-12-10-17(7-4-8-17)14-20-16(24-21-14)18(9-11-19-15(18)22)13-5-2-3-6-13/h13H,2-12H2,1H3,(H,19,22).